The van der Waals surface area contributed by atoms with Gasteiger partial charge in [-0.25, -0.2) is 0 Å². The molecule has 0 bridgehead atoms. The zero-order valence-corrected chi connectivity index (χ0v) is 12.0. The number of aromatic nitrogens is 3. The fourth-order valence-electron chi connectivity index (χ4n) is 2.88. The van der Waals surface area contributed by atoms with Gasteiger partial charge in [-0.05, 0) is 37.8 Å². The van der Waals surface area contributed by atoms with Crippen molar-refractivity contribution in [2.75, 3.05) is 6.54 Å². The van der Waals surface area contributed by atoms with Crippen molar-refractivity contribution in [3.05, 3.63) is 30.2 Å². The highest BCUT2D eigenvalue weighted by atomic mass is 16.1. The van der Waals surface area contributed by atoms with Gasteiger partial charge in [-0.3, -0.25) is 9.20 Å². The van der Waals surface area contributed by atoms with Crippen LogP contribution in [0.25, 0.3) is 5.65 Å². The number of carbonyl (C=O) groups is 1. The van der Waals surface area contributed by atoms with E-state index >= 15 is 0 Å². The van der Waals surface area contributed by atoms with E-state index in [1.807, 2.05) is 28.8 Å². The molecule has 0 saturated heterocycles. The smallest absolute Gasteiger partial charge is 0.223 e. The summed E-state index contributed by atoms with van der Waals surface area (Å²) in [4.78, 5) is 12.1. The Morgan fingerprint density at radius 1 is 1.29 bits per heavy atom. The van der Waals surface area contributed by atoms with Crippen LogP contribution in [0.3, 0.4) is 0 Å². The molecule has 1 saturated carbocycles. The van der Waals surface area contributed by atoms with Gasteiger partial charge in [-0.15, -0.1) is 10.2 Å². The minimum Gasteiger partial charge on any atom is -0.355 e. The van der Waals surface area contributed by atoms with Crippen LogP contribution in [-0.2, 0) is 11.2 Å². The van der Waals surface area contributed by atoms with E-state index in [1.165, 1.54) is 0 Å². The third-order valence-corrected chi connectivity index (χ3v) is 4.17. The van der Waals surface area contributed by atoms with Crippen molar-refractivity contribution >= 4 is 11.6 Å². The number of hydrogen-bond acceptors (Lipinski definition) is 4. The van der Waals surface area contributed by atoms with Crippen LogP contribution in [0.5, 0.6) is 0 Å². The molecule has 0 spiro atoms. The Bertz CT molecular complexity index is 615. The topological polar surface area (TPSA) is 85.3 Å². The van der Waals surface area contributed by atoms with E-state index in [1.54, 1.807) is 0 Å². The van der Waals surface area contributed by atoms with Crippen molar-refractivity contribution in [1.29, 1.82) is 0 Å². The summed E-state index contributed by atoms with van der Waals surface area (Å²) in [5, 5.41) is 11.3. The second-order valence-corrected chi connectivity index (χ2v) is 5.70. The Hall–Kier alpha value is -1.95. The monoisotopic (exact) mass is 287 g/mol. The molecule has 0 aliphatic heterocycles. The SMILES string of the molecule is NC1CCC(C(=O)NCCc2nnc3ccccn23)CC1. The largest absolute Gasteiger partial charge is 0.355 e. The summed E-state index contributed by atoms with van der Waals surface area (Å²) < 4.78 is 1.95. The molecule has 6 heteroatoms. The summed E-state index contributed by atoms with van der Waals surface area (Å²) in [5.41, 5.74) is 6.70. The fraction of sp³-hybridized carbons (Fsp3) is 0.533. The number of nitrogens with zero attached hydrogens (tertiary/aromatic N) is 3. The highest BCUT2D eigenvalue weighted by molar-refractivity contribution is 5.78. The Morgan fingerprint density at radius 3 is 2.90 bits per heavy atom. The van der Waals surface area contributed by atoms with E-state index < -0.39 is 0 Å². The number of nitrogens with two attached hydrogens (primary N) is 1. The van der Waals surface area contributed by atoms with Gasteiger partial charge in [-0.1, -0.05) is 6.07 Å². The first-order chi connectivity index (χ1) is 10.2. The Kier molecular flexibility index (Phi) is 4.15. The van der Waals surface area contributed by atoms with Crippen molar-refractivity contribution in [3.8, 4) is 0 Å². The summed E-state index contributed by atoms with van der Waals surface area (Å²) in [6.07, 6.45) is 6.33. The maximum atomic E-state index is 12.1. The average molecular weight is 287 g/mol. The molecule has 0 unspecified atom stereocenters. The number of rotatable bonds is 4. The van der Waals surface area contributed by atoms with E-state index in [-0.39, 0.29) is 17.9 Å². The van der Waals surface area contributed by atoms with Gasteiger partial charge >= 0.3 is 0 Å². The molecular formula is C15H21N5O. The zero-order valence-electron chi connectivity index (χ0n) is 12.0. The molecule has 1 fully saturated rings. The number of carbonyl (C=O) groups excluding carboxylic acids is 1. The molecule has 2 aromatic heterocycles. The van der Waals surface area contributed by atoms with Crippen molar-refractivity contribution in [1.82, 2.24) is 19.9 Å². The van der Waals surface area contributed by atoms with Crippen LogP contribution in [0, 0.1) is 5.92 Å². The first kappa shape index (κ1) is 14.0. The summed E-state index contributed by atoms with van der Waals surface area (Å²) in [6, 6.07) is 6.07. The van der Waals surface area contributed by atoms with Crippen LogP contribution in [0.15, 0.2) is 24.4 Å². The van der Waals surface area contributed by atoms with Gasteiger partial charge in [-0.2, -0.15) is 0 Å². The molecule has 0 atom stereocenters. The second kappa shape index (κ2) is 6.22. The molecular weight excluding hydrogens is 266 g/mol. The predicted octanol–water partition coefficient (Wildman–Crippen LogP) is 0.905. The highest BCUT2D eigenvalue weighted by Crippen LogP contribution is 2.23. The second-order valence-electron chi connectivity index (χ2n) is 5.70. The minimum absolute atomic E-state index is 0.125. The van der Waals surface area contributed by atoms with Crippen LogP contribution in [0.2, 0.25) is 0 Å². The van der Waals surface area contributed by atoms with E-state index in [0.29, 0.717) is 13.0 Å². The van der Waals surface area contributed by atoms with Gasteiger partial charge in [0.25, 0.3) is 0 Å². The molecule has 2 aromatic rings. The number of hydrogen-bond donors (Lipinski definition) is 2. The molecule has 6 nitrogen and oxygen atoms in total. The van der Waals surface area contributed by atoms with Gasteiger partial charge in [0.1, 0.15) is 5.82 Å². The Morgan fingerprint density at radius 2 is 2.10 bits per heavy atom. The van der Waals surface area contributed by atoms with Crippen LogP contribution >= 0.6 is 0 Å². The third-order valence-electron chi connectivity index (χ3n) is 4.17. The summed E-state index contributed by atoms with van der Waals surface area (Å²) in [5.74, 6) is 1.15. The molecule has 1 aliphatic rings. The van der Waals surface area contributed by atoms with Crippen molar-refractivity contribution < 1.29 is 4.79 Å². The maximum absolute atomic E-state index is 12.1. The number of nitrogens with one attached hydrogen (secondary N) is 1. The number of fused-ring (bicyclic) bond motifs is 1. The van der Waals surface area contributed by atoms with E-state index in [9.17, 15) is 4.79 Å². The molecule has 0 radical (unpaired) electrons. The molecule has 2 heterocycles. The van der Waals surface area contributed by atoms with Crippen molar-refractivity contribution in [2.45, 2.75) is 38.1 Å². The summed E-state index contributed by atoms with van der Waals surface area (Å²) in [7, 11) is 0. The van der Waals surface area contributed by atoms with Gasteiger partial charge in [0.15, 0.2) is 5.65 Å². The van der Waals surface area contributed by atoms with Gasteiger partial charge in [0.2, 0.25) is 5.91 Å². The maximum Gasteiger partial charge on any atom is 0.223 e. The molecule has 1 amide bonds. The molecule has 1 aliphatic carbocycles. The van der Waals surface area contributed by atoms with Gasteiger partial charge < -0.3 is 11.1 Å². The van der Waals surface area contributed by atoms with Crippen LogP contribution < -0.4 is 11.1 Å². The third kappa shape index (κ3) is 3.21. The quantitative estimate of drug-likeness (QED) is 0.875. The lowest BCUT2D eigenvalue weighted by Crippen LogP contribution is -2.37. The predicted molar refractivity (Wildman–Crippen MR) is 79.6 cm³/mol. The average Bonchev–Trinajstić information content (AvgIpc) is 2.91. The van der Waals surface area contributed by atoms with Crippen LogP contribution in [0.4, 0.5) is 0 Å². The molecule has 3 rings (SSSR count). The number of pyridine rings is 1. The van der Waals surface area contributed by atoms with E-state index in [4.69, 9.17) is 5.73 Å². The molecule has 21 heavy (non-hydrogen) atoms. The van der Waals surface area contributed by atoms with Gasteiger partial charge in [0, 0.05) is 31.1 Å². The lowest BCUT2D eigenvalue weighted by molar-refractivity contribution is -0.125. The van der Waals surface area contributed by atoms with E-state index in [2.05, 4.69) is 15.5 Å². The fourth-order valence-corrected chi connectivity index (χ4v) is 2.88. The first-order valence-corrected chi connectivity index (χ1v) is 7.56. The van der Waals surface area contributed by atoms with Crippen LogP contribution in [0.1, 0.15) is 31.5 Å². The van der Waals surface area contributed by atoms with Crippen molar-refractivity contribution in [2.24, 2.45) is 11.7 Å². The van der Waals surface area contributed by atoms with E-state index in [0.717, 1.165) is 37.2 Å². The zero-order chi connectivity index (χ0) is 14.7. The first-order valence-electron chi connectivity index (χ1n) is 7.56. The molecule has 0 aromatic carbocycles. The highest BCUT2D eigenvalue weighted by Gasteiger charge is 2.24. The Balaban J connectivity index is 1.51. The lowest BCUT2D eigenvalue weighted by atomic mass is 9.86. The lowest BCUT2D eigenvalue weighted by Gasteiger charge is -2.25. The summed E-state index contributed by atoms with van der Waals surface area (Å²) in [6.45, 7) is 0.594. The molecule has 3 N–H and O–H groups in total. The van der Waals surface area contributed by atoms with Gasteiger partial charge in [0.05, 0.1) is 0 Å². The Labute approximate surface area is 123 Å². The number of amides is 1. The normalized spacial score (nSPS) is 22.3. The molecule has 112 valence electrons. The standard InChI is InChI=1S/C15H21N5O/c16-12-6-4-11(5-7-12)15(21)17-9-8-14-19-18-13-3-1-2-10-20(13)14/h1-3,10-12H,4-9,16H2,(H,17,21). The summed E-state index contributed by atoms with van der Waals surface area (Å²) >= 11 is 0. The minimum atomic E-state index is 0.125. The van der Waals surface area contributed by atoms with Crippen molar-refractivity contribution in [3.63, 3.8) is 0 Å². The van der Waals surface area contributed by atoms with Crippen LogP contribution in [-0.4, -0.2) is 33.1 Å².